The molecular weight excluding hydrogens is 241 g/mol. The van der Waals surface area contributed by atoms with Gasteiger partial charge < -0.3 is 21.6 Å². The summed E-state index contributed by atoms with van der Waals surface area (Å²) in [5.41, 5.74) is 4.12. The molecule has 0 aromatic rings. The fraction of sp³-hybridized carbons (Fsp3) is 0.750. The van der Waals surface area contributed by atoms with Gasteiger partial charge in [-0.15, -0.1) is 0 Å². The van der Waals surface area contributed by atoms with E-state index in [1.54, 1.807) is 12.2 Å². The number of halogens is 3. The van der Waals surface area contributed by atoms with Crippen LogP contribution in [0, 0.1) is 0 Å². The third-order valence-corrected chi connectivity index (χ3v) is 2.22. The number of amidine groups is 1. The number of amides is 2. The van der Waals surface area contributed by atoms with E-state index < -0.39 is 24.3 Å². The molecule has 1 unspecified atom stereocenters. The Morgan fingerprint density at radius 3 is 2.35 bits per heavy atom. The van der Waals surface area contributed by atoms with Crippen LogP contribution < -0.4 is 16.4 Å². The lowest BCUT2D eigenvalue weighted by Crippen LogP contribution is -2.58. The molecule has 17 heavy (non-hydrogen) atoms. The lowest BCUT2D eigenvalue weighted by Gasteiger charge is -2.28. The van der Waals surface area contributed by atoms with Crippen LogP contribution in [0.1, 0.15) is 20.3 Å². The van der Waals surface area contributed by atoms with E-state index >= 15 is 0 Å². The second-order valence-corrected chi connectivity index (χ2v) is 3.59. The minimum atomic E-state index is -4.49. The average molecular weight is 256 g/mol. The first kappa shape index (κ1) is 15.3. The molecule has 0 bridgehead atoms. The Labute approximate surface area is 96.0 Å². The monoisotopic (exact) mass is 256 g/mol. The Kier molecular flexibility index (Phi) is 5.05. The highest BCUT2D eigenvalue weighted by molar-refractivity contribution is 5.93. The summed E-state index contributed by atoms with van der Waals surface area (Å²) in [6, 6.07) is -1.04. The zero-order valence-electron chi connectivity index (χ0n) is 9.43. The topological polar surface area (TPSA) is 99.7 Å². The number of nitrogens with two attached hydrogens (primary N) is 1. The summed E-state index contributed by atoms with van der Waals surface area (Å²) in [7, 11) is 0. The van der Waals surface area contributed by atoms with Crippen LogP contribution in [0.25, 0.3) is 0 Å². The van der Waals surface area contributed by atoms with Gasteiger partial charge in [0.1, 0.15) is 6.54 Å². The van der Waals surface area contributed by atoms with Crippen molar-refractivity contribution >= 4 is 11.9 Å². The van der Waals surface area contributed by atoms with Crippen LogP contribution in [-0.4, -0.2) is 35.3 Å². The number of nitrogens with zero attached hydrogens (tertiary/aromatic N) is 1. The molecule has 0 aliphatic rings. The summed E-state index contributed by atoms with van der Waals surface area (Å²) < 4.78 is 35.5. The zero-order chi connectivity index (χ0) is 13.7. The molecule has 0 aromatic heterocycles. The van der Waals surface area contributed by atoms with Crippen molar-refractivity contribution in [3.63, 3.8) is 0 Å². The smallest absolute Gasteiger partial charge is 0.405 e. The SMILES string of the molecule is CCC(C)(NC(=O)NCC(F)(F)F)C(N)=NO. The molecule has 0 radical (unpaired) electrons. The van der Waals surface area contributed by atoms with Crippen molar-refractivity contribution in [2.45, 2.75) is 32.0 Å². The van der Waals surface area contributed by atoms with E-state index in [4.69, 9.17) is 10.9 Å². The third kappa shape index (κ3) is 5.27. The van der Waals surface area contributed by atoms with E-state index in [-0.39, 0.29) is 12.3 Å². The number of hydrogen-bond acceptors (Lipinski definition) is 3. The molecule has 0 fully saturated rings. The highest BCUT2D eigenvalue weighted by atomic mass is 19.4. The second kappa shape index (κ2) is 5.60. The summed E-state index contributed by atoms with van der Waals surface area (Å²) >= 11 is 0. The lowest BCUT2D eigenvalue weighted by atomic mass is 9.98. The maximum atomic E-state index is 11.8. The third-order valence-electron chi connectivity index (χ3n) is 2.22. The highest BCUT2D eigenvalue weighted by Gasteiger charge is 2.32. The van der Waals surface area contributed by atoms with E-state index in [1.165, 1.54) is 6.92 Å². The molecule has 0 spiro atoms. The molecule has 0 aliphatic heterocycles. The molecule has 6 nitrogen and oxygen atoms in total. The Balaban J connectivity index is 4.45. The standard InChI is InChI=1S/C8H15F3N4O2/c1-3-7(2,5(12)15-17)14-6(16)13-4-8(9,10)11/h17H,3-4H2,1-2H3,(H2,12,15)(H2,13,14,16). The van der Waals surface area contributed by atoms with Crippen molar-refractivity contribution in [3.05, 3.63) is 0 Å². The van der Waals surface area contributed by atoms with Gasteiger partial charge in [-0.2, -0.15) is 13.2 Å². The maximum absolute atomic E-state index is 11.8. The van der Waals surface area contributed by atoms with Gasteiger partial charge in [-0.25, -0.2) is 4.79 Å². The number of carbonyl (C=O) groups excluding carboxylic acids is 1. The quantitative estimate of drug-likeness (QED) is 0.258. The Bertz CT molecular complexity index is 306. The fourth-order valence-electron chi connectivity index (χ4n) is 0.919. The van der Waals surface area contributed by atoms with E-state index in [2.05, 4.69) is 10.5 Å². The van der Waals surface area contributed by atoms with Crippen LogP contribution in [0.3, 0.4) is 0 Å². The molecule has 0 aromatic carbocycles. The predicted octanol–water partition coefficient (Wildman–Crippen LogP) is 0.763. The number of carbonyl (C=O) groups is 1. The van der Waals surface area contributed by atoms with Crippen molar-refractivity contribution in [2.75, 3.05) is 6.54 Å². The van der Waals surface area contributed by atoms with Gasteiger partial charge in [0, 0.05) is 0 Å². The molecule has 2 amide bonds. The maximum Gasteiger partial charge on any atom is 0.405 e. The summed E-state index contributed by atoms with van der Waals surface area (Å²) in [6.07, 6.45) is -4.24. The first-order valence-corrected chi connectivity index (χ1v) is 4.75. The zero-order valence-corrected chi connectivity index (χ0v) is 9.43. The first-order valence-electron chi connectivity index (χ1n) is 4.75. The molecular formula is C8H15F3N4O2. The Hall–Kier alpha value is -1.67. The number of hydrogen-bond donors (Lipinski definition) is 4. The van der Waals surface area contributed by atoms with E-state index in [1.807, 2.05) is 0 Å². The van der Waals surface area contributed by atoms with E-state index in [0.29, 0.717) is 0 Å². The molecule has 0 heterocycles. The van der Waals surface area contributed by atoms with Gasteiger partial charge in [0.25, 0.3) is 0 Å². The molecule has 5 N–H and O–H groups in total. The molecule has 1 atom stereocenters. The molecule has 0 saturated heterocycles. The molecule has 0 saturated carbocycles. The van der Waals surface area contributed by atoms with Crippen molar-refractivity contribution < 1.29 is 23.2 Å². The van der Waals surface area contributed by atoms with Crippen LogP contribution in [-0.2, 0) is 0 Å². The van der Waals surface area contributed by atoms with Gasteiger partial charge in [-0.05, 0) is 13.3 Å². The van der Waals surface area contributed by atoms with Gasteiger partial charge in [-0.3, -0.25) is 0 Å². The summed E-state index contributed by atoms with van der Waals surface area (Å²) in [5.74, 6) is -0.290. The Morgan fingerprint density at radius 2 is 2.00 bits per heavy atom. The van der Waals surface area contributed by atoms with Crippen molar-refractivity contribution in [2.24, 2.45) is 10.9 Å². The molecule has 100 valence electrons. The van der Waals surface area contributed by atoms with Crippen LogP contribution in [0.2, 0.25) is 0 Å². The minimum Gasteiger partial charge on any atom is -0.409 e. The minimum absolute atomic E-state index is 0.252. The van der Waals surface area contributed by atoms with Gasteiger partial charge in [0.15, 0.2) is 5.84 Å². The van der Waals surface area contributed by atoms with Crippen molar-refractivity contribution in [1.29, 1.82) is 0 Å². The predicted molar refractivity (Wildman–Crippen MR) is 54.7 cm³/mol. The fourth-order valence-corrected chi connectivity index (χ4v) is 0.919. The van der Waals surface area contributed by atoms with Crippen molar-refractivity contribution in [3.8, 4) is 0 Å². The largest absolute Gasteiger partial charge is 0.409 e. The van der Waals surface area contributed by atoms with Crippen LogP contribution in [0.5, 0.6) is 0 Å². The summed E-state index contributed by atoms with van der Waals surface area (Å²) in [4.78, 5) is 11.2. The van der Waals surface area contributed by atoms with E-state index in [0.717, 1.165) is 0 Å². The summed E-state index contributed by atoms with van der Waals surface area (Å²) in [6.45, 7) is 1.60. The lowest BCUT2D eigenvalue weighted by molar-refractivity contribution is -0.122. The normalized spacial score (nSPS) is 16.2. The summed E-state index contributed by atoms with van der Waals surface area (Å²) in [5, 5.41) is 15.0. The van der Waals surface area contributed by atoms with Gasteiger partial charge in [0.2, 0.25) is 0 Å². The number of alkyl halides is 3. The molecule has 0 aliphatic carbocycles. The van der Waals surface area contributed by atoms with Crippen molar-refractivity contribution in [1.82, 2.24) is 10.6 Å². The molecule has 9 heteroatoms. The molecule has 0 rings (SSSR count). The van der Waals surface area contributed by atoms with Gasteiger partial charge in [-0.1, -0.05) is 12.1 Å². The number of nitrogens with one attached hydrogen (secondary N) is 2. The van der Waals surface area contributed by atoms with Gasteiger partial charge >= 0.3 is 12.2 Å². The highest BCUT2D eigenvalue weighted by Crippen LogP contribution is 2.13. The first-order chi connectivity index (χ1) is 7.64. The average Bonchev–Trinajstić information content (AvgIpc) is 2.24. The number of urea groups is 1. The van der Waals surface area contributed by atoms with E-state index in [9.17, 15) is 18.0 Å². The van der Waals surface area contributed by atoms with Crippen LogP contribution >= 0.6 is 0 Å². The second-order valence-electron chi connectivity index (χ2n) is 3.59. The van der Waals surface area contributed by atoms with Crippen LogP contribution in [0.4, 0.5) is 18.0 Å². The Morgan fingerprint density at radius 1 is 1.47 bits per heavy atom. The van der Waals surface area contributed by atoms with Gasteiger partial charge in [0.05, 0.1) is 5.54 Å². The number of rotatable bonds is 4. The van der Waals surface area contributed by atoms with Crippen LogP contribution in [0.15, 0.2) is 5.16 Å². The number of oxime groups is 1.